The Morgan fingerprint density at radius 1 is 1.20 bits per heavy atom. The molecule has 4 amide bonds. The van der Waals surface area contributed by atoms with E-state index in [0.29, 0.717) is 28.6 Å². The molecule has 1 spiro atoms. The van der Waals surface area contributed by atoms with Crippen molar-refractivity contribution in [2.75, 3.05) is 11.9 Å². The molecule has 0 radical (unpaired) electrons. The molecule has 0 atom stereocenters. The number of halogens is 2. The van der Waals surface area contributed by atoms with Crippen LogP contribution < -0.4 is 10.6 Å². The second-order valence-corrected chi connectivity index (χ2v) is 7.30. The van der Waals surface area contributed by atoms with Gasteiger partial charge in [-0.25, -0.2) is 4.79 Å². The molecule has 2 N–H and O–H groups in total. The fourth-order valence-electron chi connectivity index (χ4n) is 3.39. The molecule has 0 aromatic heterocycles. The van der Waals surface area contributed by atoms with Gasteiger partial charge in [-0.3, -0.25) is 14.5 Å². The maximum absolute atomic E-state index is 12.6. The highest BCUT2D eigenvalue weighted by atomic mass is 35.5. The van der Waals surface area contributed by atoms with Crippen molar-refractivity contribution in [1.29, 1.82) is 0 Å². The number of hydrogen-bond donors (Lipinski definition) is 2. The second kappa shape index (κ2) is 7.22. The first-order chi connectivity index (χ1) is 11.9. The van der Waals surface area contributed by atoms with E-state index in [1.165, 1.54) is 6.07 Å². The van der Waals surface area contributed by atoms with Gasteiger partial charge in [-0.2, -0.15) is 0 Å². The molecule has 6 nitrogen and oxygen atoms in total. The molecule has 1 aromatic carbocycles. The predicted molar refractivity (Wildman–Crippen MR) is 95.8 cm³/mol. The van der Waals surface area contributed by atoms with Crippen molar-refractivity contribution in [2.45, 2.75) is 44.1 Å². The fraction of sp³-hybridized carbons (Fsp3) is 0.471. The lowest BCUT2D eigenvalue weighted by Crippen LogP contribution is -2.48. The number of nitrogens with one attached hydrogen (secondary N) is 2. The lowest BCUT2D eigenvalue weighted by Gasteiger charge is -2.30. The van der Waals surface area contributed by atoms with E-state index in [2.05, 4.69) is 10.6 Å². The van der Waals surface area contributed by atoms with Crippen molar-refractivity contribution in [3.63, 3.8) is 0 Å². The van der Waals surface area contributed by atoms with Crippen LogP contribution in [0, 0.1) is 0 Å². The van der Waals surface area contributed by atoms with E-state index in [-0.39, 0.29) is 24.8 Å². The molecule has 134 valence electrons. The van der Waals surface area contributed by atoms with Crippen LogP contribution in [0.5, 0.6) is 0 Å². The number of imide groups is 1. The van der Waals surface area contributed by atoms with Crippen LogP contribution >= 0.6 is 23.2 Å². The average Bonchev–Trinajstić information content (AvgIpc) is 2.79. The van der Waals surface area contributed by atoms with Crippen molar-refractivity contribution in [3.8, 4) is 0 Å². The first kappa shape index (κ1) is 18.0. The number of rotatable bonds is 4. The van der Waals surface area contributed by atoms with E-state index in [1.807, 2.05) is 0 Å². The normalized spacial score (nSPS) is 19.2. The number of nitrogens with zero attached hydrogens (tertiary/aromatic N) is 1. The highest BCUT2D eigenvalue weighted by molar-refractivity contribution is 6.36. The summed E-state index contributed by atoms with van der Waals surface area (Å²) in [5.74, 6) is -0.538. The van der Waals surface area contributed by atoms with Crippen LogP contribution in [0.15, 0.2) is 18.2 Å². The van der Waals surface area contributed by atoms with Gasteiger partial charge in [0.1, 0.15) is 5.54 Å². The van der Waals surface area contributed by atoms with Gasteiger partial charge < -0.3 is 10.6 Å². The maximum atomic E-state index is 12.6. The quantitative estimate of drug-likeness (QED) is 0.779. The number of carbonyl (C=O) groups excluding carboxylic acids is 3. The Kier molecular flexibility index (Phi) is 5.20. The largest absolute Gasteiger partial charge is 0.325 e. The summed E-state index contributed by atoms with van der Waals surface area (Å²) >= 11 is 11.8. The average molecular weight is 384 g/mol. The Morgan fingerprint density at radius 2 is 1.92 bits per heavy atom. The van der Waals surface area contributed by atoms with Crippen LogP contribution in [0.3, 0.4) is 0 Å². The van der Waals surface area contributed by atoms with Crippen molar-refractivity contribution < 1.29 is 14.4 Å². The van der Waals surface area contributed by atoms with Crippen LogP contribution in [-0.2, 0) is 9.59 Å². The molecular weight excluding hydrogens is 365 g/mol. The number of hydrogen-bond acceptors (Lipinski definition) is 3. The summed E-state index contributed by atoms with van der Waals surface area (Å²) < 4.78 is 0. The number of anilines is 1. The summed E-state index contributed by atoms with van der Waals surface area (Å²) in [7, 11) is 0. The van der Waals surface area contributed by atoms with Crippen LogP contribution in [0.25, 0.3) is 0 Å². The molecule has 2 aliphatic rings. The van der Waals surface area contributed by atoms with Gasteiger partial charge in [-0.1, -0.05) is 42.5 Å². The first-order valence-electron chi connectivity index (χ1n) is 8.30. The molecule has 1 heterocycles. The molecule has 1 aromatic rings. The zero-order chi connectivity index (χ0) is 18.0. The van der Waals surface area contributed by atoms with Crippen LogP contribution in [0.2, 0.25) is 10.0 Å². The number of urea groups is 1. The van der Waals surface area contributed by atoms with Gasteiger partial charge in [0.2, 0.25) is 5.91 Å². The van der Waals surface area contributed by atoms with Gasteiger partial charge in [0.15, 0.2) is 0 Å². The van der Waals surface area contributed by atoms with Gasteiger partial charge in [-0.05, 0) is 31.0 Å². The summed E-state index contributed by atoms with van der Waals surface area (Å²) in [5, 5.41) is 6.29. The molecule has 1 aliphatic heterocycles. The highest BCUT2D eigenvalue weighted by Crippen LogP contribution is 2.33. The van der Waals surface area contributed by atoms with Gasteiger partial charge in [0.25, 0.3) is 5.91 Å². The third kappa shape index (κ3) is 3.75. The summed E-state index contributed by atoms with van der Waals surface area (Å²) in [5.41, 5.74) is -0.317. The Balaban J connectivity index is 1.58. The Hall–Kier alpha value is -1.79. The number of benzene rings is 1. The Labute approximate surface area is 155 Å². The minimum Gasteiger partial charge on any atom is -0.325 e. The lowest BCUT2D eigenvalue weighted by atomic mass is 9.82. The molecule has 2 fully saturated rings. The molecule has 0 bridgehead atoms. The summed E-state index contributed by atoms with van der Waals surface area (Å²) in [6.07, 6.45) is 4.27. The zero-order valence-corrected chi connectivity index (χ0v) is 15.1. The summed E-state index contributed by atoms with van der Waals surface area (Å²) in [6, 6.07) is 4.34. The van der Waals surface area contributed by atoms with E-state index >= 15 is 0 Å². The van der Waals surface area contributed by atoms with E-state index in [0.717, 1.165) is 24.2 Å². The molecule has 25 heavy (non-hydrogen) atoms. The smallest absolute Gasteiger partial charge is 0.325 e. The van der Waals surface area contributed by atoms with Crippen molar-refractivity contribution in [3.05, 3.63) is 28.2 Å². The number of amides is 4. The molecule has 1 saturated carbocycles. The topological polar surface area (TPSA) is 78.5 Å². The molecule has 8 heteroatoms. The van der Waals surface area contributed by atoms with Crippen LogP contribution in [-0.4, -0.2) is 34.8 Å². The Bertz CT molecular complexity index is 717. The minimum absolute atomic E-state index is 0.00813. The standard InChI is InChI=1S/C17H19Cl2N3O3/c18-11-4-5-13(12(19)10-11)20-14(23)6-9-22-15(24)17(21-16(22)25)7-2-1-3-8-17/h4-5,10H,1-3,6-9H2,(H,20,23)(H,21,25). The SMILES string of the molecule is O=C(CCN1C(=O)NC2(CCCCC2)C1=O)Nc1ccc(Cl)cc1Cl. The predicted octanol–water partition coefficient (Wildman–Crippen LogP) is 3.58. The molecule has 0 unspecified atom stereocenters. The van der Waals surface area contributed by atoms with E-state index in [4.69, 9.17) is 23.2 Å². The highest BCUT2D eigenvalue weighted by Gasteiger charge is 2.50. The zero-order valence-electron chi connectivity index (χ0n) is 13.6. The van der Waals surface area contributed by atoms with Crippen LogP contribution in [0.1, 0.15) is 38.5 Å². The van der Waals surface area contributed by atoms with Crippen LogP contribution in [0.4, 0.5) is 10.5 Å². The summed E-state index contributed by atoms with van der Waals surface area (Å²) in [6.45, 7) is 0.0451. The number of carbonyl (C=O) groups is 3. The van der Waals surface area contributed by atoms with Gasteiger partial charge in [0, 0.05) is 18.0 Å². The lowest BCUT2D eigenvalue weighted by molar-refractivity contribution is -0.132. The first-order valence-corrected chi connectivity index (χ1v) is 9.06. The molecule has 1 saturated heterocycles. The van der Waals surface area contributed by atoms with Gasteiger partial charge in [-0.15, -0.1) is 0 Å². The second-order valence-electron chi connectivity index (χ2n) is 6.45. The fourth-order valence-corrected chi connectivity index (χ4v) is 3.85. The minimum atomic E-state index is -0.759. The van der Waals surface area contributed by atoms with Gasteiger partial charge >= 0.3 is 6.03 Å². The van der Waals surface area contributed by atoms with E-state index in [9.17, 15) is 14.4 Å². The third-order valence-electron chi connectivity index (χ3n) is 4.72. The van der Waals surface area contributed by atoms with E-state index in [1.54, 1.807) is 12.1 Å². The van der Waals surface area contributed by atoms with Gasteiger partial charge in [0.05, 0.1) is 10.7 Å². The molecular formula is C17H19Cl2N3O3. The molecule has 3 rings (SSSR count). The monoisotopic (exact) mass is 383 g/mol. The third-order valence-corrected chi connectivity index (χ3v) is 5.27. The molecule has 1 aliphatic carbocycles. The van der Waals surface area contributed by atoms with Crippen molar-refractivity contribution in [1.82, 2.24) is 10.2 Å². The summed E-state index contributed by atoms with van der Waals surface area (Å²) in [4.78, 5) is 38.0. The van der Waals surface area contributed by atoms with E-state index < -0.39 is 11.6 Å². The van der Waals surface area contributed by atoms with Crippen molar-refractivity contribution >= 4 is 46.7 Å². The Morgan fingerprint density at radius 3 is 2.60 bits per heavy atom. The maximum Gasteiger partial charge on any atom is 0.325 e. The van der Waals surface area contributed by atoms with Crippen molar-refractivity contribution in [2.24, 2.45) is 0 Å².